The minimum atomic E-state index is -0.307. The van der Waals surface area contributed by atoms with Crippen LogP contribution in [0.15, 0.2) is 18.2 Å². The number of quaternary nitrogens is 1. The third-order valence-corrected chi connectivity index (χ3v) is 5.36. The summed E-state index contributed by atoms with van der Waals surface area (Å²) < 4.78 is 13.6. The molecule has 3 heterocycles. The Hall–Kier alpha value is -2.62. The average molecular weight is 400 g/mol. The molecule has 1 atom stereocenters. The van der Waals surface area contributed by atoms with Crippen LogP contribution >= 0.6 is 0 Å². The van der Waals surface area contributed by atoms with Gasteiger partial charge in [-0.05, 0) is 43.5 Å². The third kappa shape index (κ3) is 4.21. The Morgan fingerprint density at radius 3 is 3.00 bits per heavy atom. The number of carbonyl (C=O) groups is 1. The zero-order valence-electron chi connectivity index (χ0n) is 16.4. The summed E-state index contributed by atoms with van der Waals surface area (Å²) in [6, 6.07) is 4.55. The molecule has 1 fully saturated rings. The van der Waals surface area contributed by atoms with Crippen molar-refractivity contribution in [3.8, 4) is 11.3 Å². The fourth-order valence-electron chi connectivity index (χ4n) is 3.87. The first-order valence-corrected chi connectivity index (χ1v) is 9.96. The van der Waals surface area contributed by atoms with Crippen molar-refractivity contribution in [2.45, 2.75) is 32.7 Å². The standard InChI is InChI=1S/C20H25FN6O2/c1-13-10-14(21)5-6-15(13)18-16-11-22-12-27(29)19(16)25-20(24-18)23-7-3-9-26-8-2-4-17(26)28/h5-6,10,22,27H,2-4,7-9,11-12H2,1H3,(H,23,24,25). The molecule has 2 aliphatic heterocycles. The van der Waals surface area contributed by atoms with E-state index in [4.69, 9.17) is 0 Å². The van der Waals surface area contributed by atoms with Gasteiger partial charge in [0.05, 0.1) is 11.3 Å². The molecule has 0 spiro atoms. The summed E-state index contributed by atoms with van der Waals surface area (Å²) in [5.41, 5.74) is 2.92. The molecule has 3 N–H and O–H groups in total. The topological polar surface area (TPSA) is 97.7 Å². The minimum absolute atomic E-state index is 0.0830. The van der Waals surface area contributed by atoms with Gasteiger partial charge in [-0.3, -0.25) is 10.1 Å². The van der Waals surface area contributed by atoms with E-state index < -0.39 is 0 Å². The molecule has 8 nitrogen and oxygen atoms in total. The van der Waals surface area contributed by atoms with Crippen LogP contribution in [0.5, 0.6) is 0 Å². The molecule has 1 aromatic carbocycles. The normalized spacial score (nSPS) is 18.8. The lowest BCUT2D eigenvalue weighted by Crippen LogP contribution is -3.05. The predicted molar refractivity (Wildman–Crippen MR) is 107 cm³/mol. The summed E-state index contributed by atoms with van der Waals surface area (Å²) in [6.07, 6.45) is 2.33. The number of rotatable bonds is 6. The van der Waals surface area contributed by atoms with Crippen molar-refractivity contribution in [3.05, 3.63) is 40.4 Å². The number of aryl methyl sites for hydroxylation is 1. The lowest BCUT2D eigenvalue weighted by Gasteiger charge is -2.29. The van der Waals surface area contributed by atoms with Crippen LogP contribution in [-0.2, 0) is 11.3 Å². The molecule has 4 rings (SSSR count). The fraction of sp³-hybridized carbons (Fsp3) is 0.450. The second kappa shape index (κ2) is 8.40. The summed E-state index contributed by atoms with van der Waals surface area (Å²) in [6.45, 7) is 4.67. The van der Waals surface area contributed by atoms with Gasteiger partial charge in [0.15, 0.2) is 0 Å². The van der Waals surface area contributed by atoms with E-state index in [1.807, 2.05) is 11.8 Å². The number of halogens is 1. The van der Waals surface area contributed by atoms with Crippen LogP contribution < -0.4 is 15.7 Å². The summed E-state index contributed by atoms with van der Waals surface area (Å²) in [5, 5.41) is 18.6. The van der Waals surface area contributed by atoms with Crippen molar-refractivity contribution in [2.75, 3.05) is 31.6 Å². The largest absolute Gasteiger partial charge is 0.627 e. The van der Waals surface area contributed by atoms with Gasteiger partial charge < -0.3 is 20.5 Å². The zero-order chi connectivity index (χ0) is 20.4. The van der Waals surface area contributed by atoms with Gasteiger partial charge in [0, 0.05) is 38.2 Å². The third-order valence-electron chi connectivity index (χ3n) is 5.36. The summed E-state index contributed by atoms with van der Waals surface area (Å²) in [4.78, 5) is 22.7. The van der Waals surface area contributed by atoms with Gasteiger partial charge in [-0.2, -0.15) is 4.98 Å². The van der Waals surface area contributed by atoms with Crippen LogP contribution in [-0.4, -0.2) is 47.1 Å². The molecule has 1 saturated heterocycles. The quantitative estimate of drug-likeness (QED) is 0.496. The second-order valence-electron chi connectivity index (χ2n) is 7.47. The van der Waals surface area contributed by atoms with Crippen molar-refractivity contribution in [1.82, 2.24) is 20.2 Å². The Labute approximate surface area is 168 Å². The molecular weight excluding hydrogens is 375 g/mol. The highest BCUT2D eigenvalue weighted by Crippen LogP contribution is 2.30. The highest BCUT2D eigenvalue weighted by atomic mass is 19.1. The SMILES string of the molecule is Cc1cc(F)ccc1-c1nc(NCCCN2CCCC2=O)nc2c1CNC[NH+]2[O-]. The first-order valence-electron chi connectivity index (χ1n) is 9.96. The molecule has 1 aromatic heterocycles. The van der Waals surface area contributed by atoms with Crippen molar-refractivity contribution in [2.24, 2.45) is 0 Å². The van der Waals surface area contributed by atoms with Crippen LogP contribution in [0.2, 0.25) is 0 Å². The number of nitrogens with zero attached hydrogens (tertiary/aromatic N) is 3. The summed E-state index contributed by atoms with van der Waals surface area (Å²) >= 11 is 0. The van der Waals surface area contributed by atoms with Crippen LogP contribution in [0.3, 0.4) is 0 Å². The van der Waals surface area contributed by atoms with Crippen molar-refractivity contribution in [3.63, 3.8) is 0 Å². The maximum Gasteiger partial charge on any atom is 0.237 e. The minimum Gasteiger partial charge on any atom is -0.627 e. The van der Waals surface area contributed by atoms with Gasteiger partial charge in [-0.15, -0.1) is 0 Å². The monoisotopic (exact) mass is 400 g/mol. The smallest absolute Gasteiger partial charge is 0.237 e. The highest BCUT2D eigenvalue weighted by Gasteiger charge is 2.25. The molecular formula is C20H25FN6O2. The number of amides is 1. The molecule has 154 valence electrons. The molecule has 0 saturated carbocycles. The summed E-state index contributed by atoms with van der Waals surface area (Å²) in [5.74, 6) is 0.695. The van der Waals surface area contributed by atoms with Gasteiger partial charge >= 0.3 is 0 Å². The van der Waals surface area contributed by atoms with Gasteiger partial charge in [0.1, 0.15) is 12.5 Å². The average Bonchev–Trinajstić information content (AvgIpc) is 3.10. The summed E-state index contributed by atoms with van der Waals surface area (Å²) in [7, 11) is 0. The van der Waals surface area contributed by atoms with Crippen molar-refractivity contribution < 1.29 is 14.2 Å². The molecule has 0 aliphatic carbocycles. The second-order valence-corrected chi connectivity index (χ2v) is 7.47. The van der Waals surface area contributed by atoms with Crippen LogP contribution in [0, 0.1) is 17.9 Å². The van der Waals surface area contributed by atoms with E-state index in [0.29, 0.717) is 43.5 Å². The van der Waals surface area contributed by atoms with E-state index in [9.17, 15) is 14.4 Å². The Morgan fingerprint density at radius 2 is 2.24 bits per heavy atom. The van der Waals surface area contributed by atoms with E-state index in [-0.39, 0.29) is 23.5 Å². The van der Waals surface area contributed by atoms with E-state index in [0.717, 1.165) is 36.1 Å². The molecule has 2 aromatic rings. The van der Waals surface area contributed by atoms with Crippen molar-refractivity contribution in [1.29, 1.82) is 0 Å². The number of nitrogens with one attached hydrogen (secondary N) is 3. The number of carbonyl (C=O) groups excluding carboxylic acids is 1. The Morgan fingerprint density at radius 1 is 1.38 bits per heavy atom. The highest BCUT2D eigenvalue weighted by molar-refractivity contribution is 5.78. The van der Waals surface area contributed by atoms with Crippen molar-refractivity contribution >= 4 is 17.7 Å². The number of benzene rings is 1. The van der Waals surface area contributed by atoms with Gasteiger partial charge in [-0.1, -0.05) is 0 Å². The maximum absolute atomic E-state index is 13.6. The molecule has 9 heteroatoms. The molecule has 0 bridgehead atoms. The lowest BCUT2D eigenvalue weighted by atomic mass is 10.0. The molecule has 0 radical (unpaired) electrons. The van der Waals surface area contributed by atoms with Crippen LogP contribution in [0.1, 0.15) is 30.4 Å². The number of aromatic nitrogens is 2. The Balaban J connectivity index is 1.56. The first kappa shape index (κ1) is 19.7. The number of fused-ring (bicyclic) bond motifs is 1. The van der Waals surface area contributed by atoms with E-state index in [1.165, 1.54) is 12.1 Å². The fourth-order valence-corrected chi connectivity index (χ4v) is 3.87. The lowest BCUT2D eigenvalue weighted by molar-refractivity contribution is -0.786. The number of likely N-dealkylation sites (tertiary alicyclic amines) is 1. The van der Waals surface area contributed by atoms with E-state index in [2.05, 4.69) is 20.6 Å². The van der Waals surface area contributed by atoms with Crippen LogP contribution in [0.25, 0.3) is 11.3 Å². The van der Waals surface area contributed by atoms with Gasteiger partial charge in [0.25, 0.3) is 0 Å². The number of hydrogen-bond acceptors (Lipinski definition) is 6. The van der Waals surface area contributed by atoms with Crippen LogP contribution in [0.4, 0.5) is 16.2 Å². The zero-order valence-corrected chi connectivity index (χ0v) is 16.4. The number of anilines is 1. The van der Waals surface area contributed by atoms with Gasteiger partial charge in [0.2, 0.25) is 17.7 Å². The van der Waals surface area contributed by atoms with E-state index >= 15 is 0 Å². The number of hydroxylamine groups is 1. The molecule has 2 aliphatic rings. The number of hydrogen-bond donors (Lipinski definition) is 3. The molecule has 29 heavy (non-hydrogen) atoms. The first-order chi connectivity index (χ1) is 14.0. The maximum atomic E-state index is 13.6. The molecule has 1 amide bonds. The molecule has 1 unspecified atom stereocenters. The predicted octanol–water partition coefficient (Wildman–Crippen LogP) is 1.09. The Bertz CT molecular complexity index is 922. The van der Waals surface area contributed by atoms with E-state index in [1.54, 1.807) is 6.07 Å². The van der Waals surface area contributed by atoms with Gasteiger partial charge in [-0.25, -0.2) is 9.37 Å². The Kier molecular flexibility index (Phi) is 5.70.